The van der Waals surface area contributed by atoms with Gasteiger partial charge in [-0.1, -0.05) is 0 Å². The normalized spacial score (nSPS) is 20.4. The van der Waals surface area contributed by atoms with Crippen LogP contribution in [0.4, 0.5) is 0 Å². The summed E-state index contributed by atoms with van der Waals surface area (Å²) in [6.45, 7) is 1.59. The summed E-state index contributed by atoms with van der Waals surface area (Å²) >= 11 is 0. The van der Waals surface area contributed by atoms with Crippen LogP contribution >= 0.6 is 0 Å². The Hall–Kier alpha value is -1.27. The Morgan fingerprint density at radius 1 is 1.24 bits per heavy atom. The third-order valence-corrected chi connectivity index (χ3v) is 5.03. The minimum atomic E-state index is -3.41. The van der Waals surface area contributed by atoms with Crippen LogP contribution in [0.15, 0.2) is 23.3 Å². The molecule has 0 radical (unpaired) electrons. The van der Waals surface area contributed by atoms with E-state index in [1.807, 2.05) is 0 Å². The quantitative estimate of drug-likeness (QED) is 0.740. The standard InChI is InChI=1S/C11H13N3O2S/c15-17(16,14-6-1-2-7-14)11-9-4-3-5-12-10(9)8-13-11/h3-5H,1-2,6-8H2. The van der Waals surface area contributed by atoms with Gasteiger partial charge in [0.15, 0.2) is 5.04 Å². The van der Waals surface area contributed by atoms with E-state index in [4.69, 9.17) is 0 Å². The number of nitrogens with zero attached hydrogens (tertiary/aromatic N) is 3. The van der Waals surface area contributed by atoms with Crippen molar-refractivity contribution >= 4 is 15.1 Å². The van der Waals surface area contributed by atoms with E-state index in [1.54, 1.807) is 18.3 Å². The highest BCUT2D eigenvalue weighted by Gasteiger charge is 2.34. The van der Waals surface area contributed by atoms with Gasteiger partial charge in [0.25, 0.3) is 10.0 Å². The molecule has 0 unspecified atom stereocenters. The fourth-order valence-corrected chi connectivity index (χ4v) is 3.94. The molecule has 2 aliphatic heterocycles. The average Bonchev–Trinajstić information content (AvgIpc) is 2.99. The molecule has 1 aromatic heterocycles. The molecule has 0 bridgehead atoms. The number of hydrogen-bond donors (Lipinski definition) is 0. The Bertz CT molecular complexity index is 574. The van der Waals surface area contributed by atoms with Crippen LogP contribution < -0.4 is 0 Å². The Balaban J connectivity index is 2.01. The number of hydrogen-bond acceptors (Lipinski definition) is 4. The summed E-state index contributed by atoms with van der Waals surface area (Å²) in [5.74, 6) is 0. The molecule has 1 aromatic rings. The lowest BCUT2D eigenvalue weighted by molar-refractivity contribution is 0.489. The third kappa shape index (κ3) is 1.68. The van der Waals surface area contributed by atoms with Gasteiger partial charge < -0.3 is 0 Å². The van der Waals surface area contributed by atoms with Gasteiger partial charge in [-0.25, -0.2) is 8.42 Å². The van der Waals surface area contributed by atoms with E-state index >= 15 is 0 Å². The predicted octanol–water partition coefficient (Wildman–Crippen LogP) is 0.767. The third-order valence-electron chi connectivity index (χ3n) is 3.14. The van der Waals surface area contributed by atoms with E-state index in [0.29, 0.717) is 25.2 Å². The molecular formula is C11H13N3O2S. The summed E-state index contributed by atoms with van der Waals surface area (Å²) in [5.41, 5.74) is 1.42. The van der Waals surface area contributed by atoms with Crippen molar-refractivity contribution in [2.24, 2.45) is 4.99 Å². The van der Waals surface area contributed by atoms with Gasteiger partial charge in [-0.2, -0.15) is 4.31 Å². The summed E-state index contributed by atoms with van der Waals surface area (Å²) in [6, 6.07) is 3.53. The maximum Gasteiger partial charge on any atom is 0.260 e. The van der Waals surface area contributed by atoms with Crippen LogP contribution in [0.1, 0.15) is 24.1 Å². The second kappa shape index (κ2) is 3.89. The van der Waals surface area contributed by atoms with Crippen LogP contribution in [0.2, 0.25) is 0 Å². The van der Waals surface area contributed by atoms with Crippen molar-refractivity contribution in [2.75, 3.05) is 13.1 Å². The summed E-state index contributed by atoms with van der Waals surface area (Å²) in [4.78, 5) is 8.30. The van der Waals surface area contributed by atoms with Crippen molar-refractivity contribution in [1.29, 1.82) is 0 Å². The lowest BCUT2D eigenvalue weighted by atomic mass is 10.2. The molecule has 5 nitrogen and oxygen atoms in total. The fourth-order valence-electron chi connectivity index (χ4n) is 2.26. The molecular weight excluding hydrogens is 238 g/mol. The zero-order valence-corrected chi connectivity index (χ0v) is 10.2. The topological polar surface area (TPSA) is 62.6 Å². The van der Waals surface area contributed by atoms with E-state index in [2.05, 4.69) is 9.98 Å². The van der Waals surface area contributed by atoms with Gasteiger partial charge in [-0.05, 0) is 25.0 Å². The number of aliphatic imine (C=N–C) groups is 1. The van der Waals surface area contributed by atoms with Gasteiger partial charge in [0, 0.05) is 24.8 Å². The van der Waals surface area contributed by atoms with Crippen LogP contribution in [-0.4, -0.2) is 35.8 Å². The molecule has 3 heterocycles. The molecule has 0 amide bonds. The molecule has 6 heteroatoms. The van der Waals surface area contributed by atoms with Crippen LogP contribution in [0.3, 0.4) is 0 Å². The molecule has 1 saturated heterocycles. The van der Waals surface area contributed by atoms with Crippen LogP contribution in [0.5, 0.6) is 0 Å². The number of aromatic nitrogens is 1. The second-order valence-electron chi connectivity index (χ2n) is 4.23. The minimum Gasteiger partial charge on any atom is -0.265 e. The van der Waals surface area contributed by atoms with Gasteiger partial charge in [0.2, 0.25) is 0 Å². The summed E-state index contributed by atoms with van der Waals surface area (Å²) in [5, 5.41) is 0.197. The van der Waals surface area contributed by atoms with E-state index in [1.165, 1.54) is 4.31 Å². The molecule has 0 atom stereocenters. The molecule has 2 aliphatic rings. The largest absolute Gasteiger partial charge is 0.265 e. The summed E-state index contributed by atoms with van der Waals surface area (Å²) in [6.07, 6.45) is 3.54. The average molecular weight is 251 g/mol. The monoisotopic (exact) mass is 251 g/mol. The van der Waals surface area contributed by atoms with Crippen molar-refractivity contribution < 1.29 is 8.42 Å². The smallest absolute Gasteiger partial charge is 0.260 e. The zero-order valence-electron chi connectivity index (χ0n) is 9.33. The van der Waals surface area contributed by atoms with E-state index < -0.39 is 10.0 Å². The van der Waals surface area contributed by atoms with Crippen LogP contribution in [0.25, 0.3) is 0 Å². The molecule has 0 saturated carbocycles. The molecule has 0 aromatic carbocycles. The second-order valence-corrected chi connectivity index (χ2v) is 6.08. The molecule has 3 rings (SSSR count). The number of pyridine rings is 1. The first-order chi connectivity index (χ1) is 8.19. The van der Waals surface area contributed by atoms with E-state index in [9.17, 15) is 8.42 Å². The number of rotatable bonds is 1. The van der Waals surface area contributed by atoms with E-state index in [-0.39, 0.29) is 5.04 Å². The lowest BCUT2D eigenvalue weighted by Gasteiger charge is -2.15. The highest BCUT2D eigenvalue weighted by atomic mass is 32.2. The maximum atomic E-state index is 12.4. The van der Waals surface area contributed by atoms with Gasteiger partial charge >= 0.3 is 0 Å². The first-order valence-electron chi connectivity index (χ1n) is 5.68. The van der Waals surface area contributed by atoms with Crippen molar-refractivity contribution in [3.05, 3.63) is 29.6 Å². The molecule has 0 N–H and O–H groups in total. The Morgan fingerprint density at radius 3 is 2.76 bits per heavy atom. The first kappa shape index (κ1) is 10.9. The first-order valence-corrected chi connectivity index (χ1v) is 7.12. The Kier molecular flexibility index (Phi) is 2.48. The van der Waals surface area contributed by atoms with Crippen LogP contribution in [-0.2, 0) is 16.6 Å². The molecule has 1 fully saturated rings. The van der Waals surface area contributed by atoms with E-state index in [0.717, 1.165) is 18.5 Å². The fraction of sp³-hybridized carbons (Fsp3) is 0.455. The number of sulfonamides is 1. The van der Waals surface area contributed by atoms with Gasteiger partial charge in [0.1, 0.15) is 0 Å². The Morgan fingerprint density at radius 2 is 2.00 bits per heavy atom. The minimum absolute atomic E-state index is 0.197. The SMILES string of the molecule is O=S(=O)(C1=NCc2ncccc21)N1CCCC1. The highest BCUT2D eigenvalue weighted by molar-refractivity contribution is 8.05. The van der Waals surface area contributed by atoms with Crippen molar-refractivity contribution in [3.63, 3.8) is 0 Å². The highest BCUT2D eigenvalue weighted by Crippen LogP contribution is 2.23. The van der Waals surface area contributed by atoms with Crippen molar-refractivity contribution in [3.8, 4) is 0 Å². The summed E-state index contributed by atoms with van der Waals surface area (Å²) in [7, 11) is -3.41. The van der Waals surface area contributed by atoms with Gasteiger partial charge in [-0.15, -0.1) is 0 Å². The molecule has 90 valence electrons. The van der Waals surface area contributed by atoms with Gasteiger partial charge in [0.05, 0.1) is 12.2 Å². The van der Waals surface area contributed by atoms with Crippen molar-refractivity contribution in [2.45, 2.75) is 19.4 Å². The van der Waals surface area contributed by atoms with Gasteiger partial charge in [-0.3, -0.25) is 9.98 Å². The molecule has 17 heavy (non-hydrogen) atoms. The summed E-state index contributed by atoms with van der Waals surface area (Å²) < 4.78 is 26.3. The van der Waals surface area contributed by atoms with Crippen LogP contribution in [0, 0.1) is 0 Å². The number of fused-ring (bicyclic) bond motifs is 1. The zero-order chi connectivity index (χ0) is 11.9. The molecule has 0 aliphatic carbocycles. The Labute approximate surface area is 100 Å². The predicted molar refractivity (Wildman–Crippen MR) is 64.2 cm³/mol. The lowest BCUT2D eigenvalue weighted by Crippen LogP contribution is -2.33. The maximum absolute atomic E-state index is 12.4. The molecule has 0 spiro atoms. The van der Waals surface area contributed by atoms with Crippen molar-refractivity contribution in [1.82, 2.24) is 9.29 Å².